The van der Waals surface area contributed by atoms with Crippen LogP contribution in [0.4, 0.5) is 5.69 Å². The first kappa shape index (κ1) is 18.2. The SMILES string of the molecule is Cc1ccc(C(=O)NCc2cccnc2)cc1NSc1ccc2c(c1)OCO2. The zero-order chi connectivity index (χ0) is 19.3. The summed E-state index contributed by atoms with van der Waals surface area (Å²) >= 11 is 1.46. The summed E-state index contributed by atoms with van der Waals surface area (Å²) in [5.74, 6) is 1.37. The summed E-state index contributed by atoms with van der Waals surface area (Å²) in [6, 6.07) is 15.2. The molecule has 0 aliphatic carbocycles. The molecule has 142 valence electrons. The Morgan fingerprint density at radius 3 is 2.89 bits per heavy atom. The molecule has 0 atom stereocenters. The molecule has 1 amide bonds. The van der Waals surface area contributed by atoms with Gasteiger partial charge in [-0.15, -0.1) is 0 Å². The van der Waals surface area contributed by atoms with Crippen molar-refractivity contribution in [3.05, 3.63) is 77.6 Å². The van der Waals surface area contributed by atoms with Crippen LogP contribution in [0.1, 0.15) is 21.5 Å². The molecule has 2 heterocycles. The summed E-state index contributed by atoms with van der Waals surface area (Å²) in [5.41, 5.74) is 3.50. The van der Waals surface area contributed by atoms with Crippen LogP contribution in [-0.2, 0) is 6.54 Å². The topological polar surface area (TPSA) is 72.5 Å². The fourth-order valence-electron chi connectivity index (χ4n) is 2.71. The Labute approximate surface area is 167 Å². The lowest BCUT2D eigenvalue weighted by Gasteiger charge is -2.11. The molecule has 1 aliphatic heterocycles. The first-order chi connectivity index (χ1) is 13.7. The second-order valence-corrected chi connectivity index (χ2v) is 7.17. The van der Waals surface area contributed by atoms with Crippen molar-refractivity contribution in [2.45, 2.75) is 18.4 Å². The van der Waals surface area contributed by atoms with Gasteiger partial charge in [0.15, 0.2) is 11.5 Å². The average molecular weight is 393 g/mol. The van der Waals surface area contributed by atoms with Gasteiger partial charge in [-0.3, -0.25) is 9.78 Å². The second kappa shape index (κ2) is 8.22. The van der Waals surface area contributed by atoms with Gasteiger partial charge in [0, 0.05) is 35.1 Å². The molecule has 0 unspecified atom stereocenters. The average Bonchev–Trinajstić information content (AvgIpc) is 3.20. The maximum Gasteiger partial charge on any atom is 0.251 e. The van der Waals surface area contributed by atoms with E-state index in [1.54, 1.807) is 12.4 Å². The smallest absolute Gasteiger partial charge is 0.251 e. The molecular weight excluding hydrogens is 374 g/mol. The molecule has 7 heteroatoms. The van der Waals surface area contributed by atoms with Crippen LogP contribution in [0, 0.1) is 6.92 Å². The Morgan fingerprint density at radius 2 is 2.04 bits per heavy atom. The second-order valence-electron chi connectivity index (χ2n) is 6.29. The number of fused-ring (bicyclic) bond motifs is 1. The molecule has 1 aliphatic rings. The Balaban J connectivity index is 1.41. The zero-order valence-electron chi connectivity index (χ0n) is 15.3. The van der Waals surface area contributed by atoms with E-state index in [9.17, 15) is 4.79 Å². The molecule has 28 heavy (non-hydrogen) atoms. The maximum atomic E-state index is 12.5. The highest BCUT2D eigenvalue weighted by Crippen LogP contribution is 2.36. The first-order valence-corrected chi connectivity index (χ1v) is 9.61. The number of amides is 1. The third-order valence-electron chi connectivity index (χ3n) is 4.30. The van der Waals surface area contributed by atoms with Crippen molar-refractivity contribution in [2.24, 2.45) is 0 Å². The van der Waals surface area contributed by atoms with Crippen molar-refractivity contribution >= 4 is 23.5 Å². The third kappa shape index (κ3) is 4.20. The minimum absolute atomic E-state index is 0.125. The lowest BCUT2D eigenvalue weighted by atomic mass is 10.1. The third-order valence-corrected chi connectivity index (χ3v) is 5.11. The van der Waals surface area contributed by atoms with E-state index in [-0.39, 0.29) is 12.7 Å². The number of pyridine rings is 1. The van der Waals surface area contributed by atoms with E-state index in [1.807, 2.05) is 55.5 Å². The van der Waals surface area contributed by atoms with Crippen molar-refractivity contribution in [1.82, 2.24) is 10.3 Å². The van der Waals surface area contributed by atoms with E-state index >= 15 is 0 Å². The molecule has 0 bridgehead atoms. The van der Waals surface area contributed by atoms with Gasteiger partial charge in [-0.1, -0.05) is 12.1 Å². The fraction of sp³-hybridized carbons (Fsp3) is 0.143. The van der Waals surface area contributed by atoms with Crippen molar-refractivity contribution in [2.75, 3.05) is 11.5 Å². The molecule has 2 aromatic carbocycles. The Kier molecular flexibility index (Phi) is 5.34. The zero-order valence-corrected chi connectivity index (χ0v) is 16.1. The van der Waals surface area contributed by atoms with Gasteiger partial charge in [-0.25, -0.2) is 0 Å². The highest BCUT2D eigenvalue weighted by molar-refractivity contribution is 8.00. The summed E-state index contributed by atoms with van der Waals surface area (Å²) in [4.78, 5) is 17.5. The minimum atomic E-state index is -0.125. The maximum absolute atomic E-state index is 12.5. The van der Waals surface area contributed by atoms with Crippen LogP contribution in [0.3, 0.4) is 0 Å². The number of carbonyl (C=O) groups excluding carboxylic acids is 1. The lowest BCUT2D eigenvalue weighted by Crippen LogP contribution is -2.22. The summed E-state index contributed by atoms with van der Waals surface area (Å²) in [6.07, 6.45) is 3.45. The predicted octanol–water partition coefficient (Wildman–Crippen LogP) is 4.17. The van der Waals surface area contributed by atoms with Crippen LogP contribution >= 0.6 is 11.9 Å². The molecule has 0 saturated carbocycles. The largest absolute Gasteiger partial charge is 0.454 e. The van der Waals surface area contributed by atoms with Crippen LogP contribution in [0.15, 0.2) is 65.8 Å². The van der Waals surface area contributed by atoms with Crippen molar-refractivity contribution < 1.29 is 14.3 Å². The van der Waals surface area contributed by atoms with Gasteiger partial charge in [0.25, 0.3) is 5.91 Å². The number of benzene rings is 2. The molecule has 0 fully saturated rings. The number of carbonyl (C=O) groups is 1. The van der Waals surface area contributed by atoms with Crippen molar-refractivity contribution in [1.29, 1.82) is 0 Å². The van der Waals surface area contributed by atoms with Crippen LogP contribution in [0.25, 0.3) is 0 Å². The molecule has 0 radical (unpaired) electrons. The van der Waals surface area contributed by atoms with E-state index in [4.69, 9.17) is 9.47 Å². The van der Waals surface area contributed by atoms with Gasteiger partial charge < -0.3 is 19.5 Å². The van der Waals surface area contributed by atoms with Crippen LogP contribution < -0.4 is 19.5 Å². The van der Waals surface area contributed by atoms with E-state index in [1.165, 1.54) is 11.9 Å². The molecular formula is C21H19N3O3S. The minimum Gasteiger partial charge on any atom is -0.454 e. The summed E-state index contributed by atoms with van der Waals surface area (Å²) < 4.78 is 14.1. The summed E-state index contributed by atoms with van der Waals surface area (Å²) in [7, 11) is 0. The molecule has 1 aromatic heterocycles. The van der Waals surface area contributed by atoms with E-state index in [0.717, 1.165) is 33.2 Å². The molecule has 0 spiro atoms. The monoisotopic (exact) mass is 393 g/mol. The molecule has 4 rings (SSSR count). The number of hydrogen-bond acceptors (Lipinski definition) is 6. The number of rotatable bonds is 6. The van der Waals surface area contributed by atoms with Gasteiger partial charge in [-0.2, -0.15) is 0 Å². The summed E-state index contributed by atoms with van der Waals surface area (Å²) in [5, 5.41) is 2.92. The number of hydrogen-bond donors (Lipinski definition) is 2. The number of ether oxygens (including phenoxy) is 2. The molecule has 0 saturated heterocycles. The number of anilines is 1. The van der Waals surface area contributed by atoms with Gasteiger partial charge in [-0.05, 0) is 66.4 Å². The highest BCUT2D eigenvalue weighted by atomic mass is 32.2. The van der Waals surface area contributed by atoms with Crippen molar-refractivity contribution in [3.8, 4) is 11.5 Å². The Bertz CT molecular complexity index is 995. The van der Waals surface area contributed by atoms with Crippen molar-refractivity contribution in [3.63, 3.8) is 0 Å². The van der Waals surface area contributed by atoms with E-state index in [0.29, 0.717) is 12.1 Å². The number of nitrogens with one attached hydrogen (secondary N) is 2. The summed E-state index contributed by atoms with van der Waals surface area (Å²) in [6.45, 7) is 2.70. The number of aromatic nitrogens is 1. The Hall–Kier alpha value is -3.19. The number of nitrogens with zero attached hydrogens (tertiary/aromatic N) is 1. The van der Waals surface area contributed by atoms with Gasteiger partial charge in [0.05, 0.1) is 0 Å². The van der Waals surface area contributed by atoms with Crippen LogP contribution in [0.2, 0.25) is 0 Å². The predicted molar refractivity (Wildman–Crippen MR) is 109 cm³/mol. The van der Waals surface area contributed by atoms with Gasteiger partial charge in [0.2, 0.25) is 6.79 Å². The quantitative estimate of drug-likeness (QED) is 0.613. The van der Waals surface area contributed by atoms with E-state index in [2.05, 4.69) is 15.0 Å². The molecule has 2 N–H and O–H groups in total. The lowest BCUT2D eigenvalue weighted by molar-refractivity contribution is 0.0951. The van der Waals surface area contributed by atoms with Crippen LogP contribution in [-0.4, -0.2) is 17.7 Å². The highest BCUT2D eigenvalue weighted by Gasteiger charge is 2.14. The van der Waals surface area contributed by atoms with Crippen LogP contribution in [0.5, 0.6) is 11.5 Å². The number of aryl methyl sites for hydroxylation is 1. The molecule has 3 aromatic rings. The normalized spacial score (nSPS) is 11.9. The fourth-order valence-corrected chi connectivity index (χ4v) is 3.46. The molecule has 6 nitrogen and oxygen atoms in total. The van der Waals surface area contributed by atoms with E-state index < -0.39 is 0 Å². The standard InChI is InChI=1S/C21H19N3O3S/c1-14-4-5-16(21(25)23-12-15-3-2-8-22-11-15)9-18(14)24-28-17-6-7-19-20(10-17)27-13-26-19/h2-11,24H,12-13H2,1H3,(H,23,25). The first-order valence-electron chi connectivity index (χ1n) is 8.79. The Morgan fingerprint density at radius 1 is 1.14 bits per heavy atom. The van der Waals surface area contributed by atoms with Gasteiger partial charge >= 0.3 is 0 Å². The van der Waals surface area contributed by atoms with Gasteiger partial charge in [0.1, 0.15) is 0 Å².